The molecule has 1 aliphatic heterocycles. The molecular formula is C19H16N2O4. The molecule has 0 aliphatic carbocycles. The lowest BCUT2D eigenvalue weighted by Gasteiger charge is -2.26. The van der Waals surface area contributed by atoms with Gasteiger partial charge in [0.2, 0.25) is 0 Å². The molecule has 0 amide bonds. The molecule has 1 N–H and O–H groups in total. The minimum absolute atomic E-state index is 0.0669. The molecule has 6 heteroatoms. The van der Waals surface area contributed by atoms with Gasteiger partial charge in [0.15, 0.2) is 5.78 Å². The van der Waals surface area contributed by atoms with Crippen molar-refractivity contribution in [1.29, 1.82) is 0 Å². The molecule has 126 valence electrons. The molecule has 6 nitrogen and oxygen atoms in total. The minimum Gasteiger partial charge on any atom is -0.467 e. The quantitative estimate of drug-likeness (QED) is 0.576. The molecule has 3 heterocycles. The van der Waals surface area contributed by atoms with E-state index in [1.807, 2.05) is 24.3 Å². The number of nitrogens with zero attached hydrogens (tertiary/aromatic N) is 1. The van der Waals surface area contributed by atoms with Crippen LogP contribution in [0.4, 0.5) is 0 Å². The van der Waals surface area contributed by atoms with Gasteiger partial charge in [0.25, 0.3) is 5.56 Å². The van der Waals surface area contributed by atoms with E-state index in [-0.39, 0.29) is 11.3 Å². The fourth-order valence-electron chi connectivity index (χ4n) is 3.57. The second-order valence-electron chi connectivity index (χ2n) is 6.13. The van der Waals surface area contributed by atoms with Crippen molar-refractivity contribution in [2.24, 2.45) is 0 Å². The summed E-state index contributed by atoms with van der Waals surface area (Å²) in [6.45, 7) is 1.34. The van der Waals surface area contributed by atoms with E-state index in [1.165, 1.54) is 24.7 Å². The number of carbonyl (C=O) groups is 2. The van der Waals surface area contributed by atoms with Crippen molar-refractivity contribution < 1.29 is 14.3 Å². The molecule has 0 bridgehead atoms. The third kappa shape index (κ3) is 2.14. The number of fused-ring (bicyclic) bond motifs is 5. The summed E-state index contributed by atoms with van der Waals surface area (Å²) in [7, 11) is 1.30. The molecule has 3 aromatic rings. The van der Waals surface area contributed by atoms with Crippen molar-refractivity contribution in [3.63, 3.8) is 0 Å². The van der Waals surface area contributed by atoms with Gasteiger partial charge in [-0.25, -0.2) is 4.79 Å². The number of H-pyrrole nitrogens is 1. The Morgan fingerprint density at radius 2 is 1.96 bits per heavy atom. The van der Waals surface area contributed by atoms with E-state index >= 15 is 0 Å². The lowest BCUT2D eigenvalue weighted by Crippen LogP contribution is -2.37. The summed E-state index contributed by atoms with van der Waals surface area (Å²) in [6, 6.07) is 10.2. The first-order valence-corrected chi connectivity index (χ1v) is 7.97. The topological polar surface area (TPSA) is 81.2 Å². The summed E-state index contributed by atoms with van der Waals surface area (Å²) < 4.78 is 6.29. The van der Waals surface area contributed by atoms with Gasteiger partial charge < -0.3 is 9.72 Å². The molecule has 1 atom stereocenters. The average molecular weight is 336 g/mol. The molecule has 0 radical (unpaired) electrons. The number of rotatable bonds is 2. The number of esters is 1. The van der Waals surface area contributed by atoms with Gasteiger partial charge in [-0.2, -0.15) is 0 Å². The molecule has 4 rings (SSSR count). The molecule has 1 aliphatic rings. The lowest BCUT2D eigenvalue weighted by atomic mass is 9.95. The van der Waals surface area contributed by atoms with Gasteiger partial charge in [0, 0.05) is 17.3 Å². The standard InChI is InChI=1S/C19H16N2O4/c1-10(22)11-7-8-15-17-13(12-5-3-4-6-14(12)20-17)9-16(19(24)25-2)21(15)18(11)23/h3-8,16,20H,9H2,1-2H3/t16-/m0/s1. The summed E-state index contributed by atoms with van der Waals surface area (Å²) in [5.41, 5.74) is 2.90. The van der Waals surface area contributed by atoms with Crippen LogP contribution < -0.4 is 5.56 Å². The first-order chi connectivity index (χ1) is 12.0. The zero-order chi connectivity index (χ0) is 17.7. The number of aromatic amines is 1. The van der Waals surface area contributed by atoms with Crippen LogP contribution in [0, 0.1) is 0 Å². The van der Waals surface area contributed by atoms with E-state index in [2.05, 4.69) is 4.98 Å². The maximum atomic E-state index is 12.8. The van der Waals surface area contributed by atoms with E-state index in [0.29, 0.717) is 12.1 Å². The lowest BCUT2D eigenvalue weighted by molar-refractivity contribution is -0.144. The van der Waals surface area contributed by atoms with Gasteiger partial charge >= 0.3 is 5.97 Å². The van der Waals surface area contributed by atoms with Crippen LogP contribution in [0.5, 0.6) is 0 Å². The summed E-state index contributed by atoms with van der Waals surface area (Å²) in [4.78, 5) is 40.3. The van der Waals surface area contributed by atoms with Crippen LogP contribution in [0.1, 0.15) is 28.9 Å². The molecule has 0 saturated carbocycles. The molecule has 2 aromatic heterocycles. The van der Waals surface area contributed by atoms with Crippen molar-refractivity contribution in [1.82, 2.24) is 9.55 Å². The van der Waals surface area contributed by atoms with Crippen LogP contribution in [-0.2, 0) is 16.0 Å². The number of ether oxygens (including phenoxy) is 1. The van der Waals surface area contributed by atoms with Crippen LogP contribution in [0.25, 0.3) is 22.3 Å². The summed E-state index contributed by atoms with van der Waals surface area (Å²) in [5, 5.41) is 1.01. The van der Waals surface area contributed by atoms with Crippen LogP contribution in [0.2, 0.25) is 0 Å². The summed E-state index contributed by atoms with van der Waals surface area (Å²) in [6.07, 6.45) is 0.334. The predicted molar refractivity (Wildman–Crippen MR) is 92.8 cm³/mol. The van der Waals surface area contributed by atoms with Gasteiger partial charge in [0.1, 0.15) is 6.04 Å². The fourth-order valence-corrected chi connectivity index (χ4v) is 3.57. The normalized spacial score (nSPS) is 15.5. The Kier molecular flexibility index (Phi) is 3.35. The highest BCUT2D eigenvalue weighted by Gasteiger charge is 2.34. The van der Waals surface area contributed by atoms with Gasteiger partial charge in [-0.3, -0.25) is 14.2 Å². The maximum absolute atomic E-state index is 12.8. The number of ketones is 1. The summed E-state index contributed by atoms with van der Waals surface area (Å²) >= 11 is 0. The smallest absolute Gasteiger partial charge is 0.329 e. The van der Waals surface area contributed by atoms with E-state index in [4.69, 9.17) is 4.74 Å². The van der Waals surface area contributed by atoms with Gasteiger partial charge in [0.05, 0.1) is 24.1 Å². The van der Waals surface area contributed by atoms with E-state index < -0.39 is 17.6 Å². The zero-order valence-electron chi connectivity index (χ0n) is 13.8. The second-order valence-corrected chi connectivity index (χ2v) is 6.13. The Balaban J connectivity index is 2.07. The van der Waals surface area contributed by atoms with E-state index in [9.17, 15) is 14.4 Å². The minimum atomic E-state index is -0.793. The third-order valence-corrected chi connectivity index (χ3v) is 4.75. The Morgan fingerprint density at radius 1 is 1.20 bits per heavy atom. The molecule has 0 fully saturated rings. The van der Waals surface area contributed by atoms with E-state index in [1.54, 1.807) is 6.07 Å². The van der Waals surface area contributed by atoms with Crippen LogP contribution in [0.3, 0.4) is 0 Å². The van der Waals surface area contributed by atoms with Gasteiger partial charge in [-0.1, -0.05) is 18.2 Å². The number of para-hydroxylation sites is 1. The number of aromatic nitrogens is 2. The number of benzene rings is 1. The van der Waals surface area contributed by atoms with Crippen molar-refractivity contribution in [2.45, 2.75) is 19.4 Å². The fraction of sp³-hybridized carbons (Fsp3) is 0.211. The average Bonchev–Trinajstić information content (AvgIpc) is 2.99. The summed E-state index contributed by atoms with van der Waals surface area (Å²) in [5.74, 6) is -0.827. The maximum Gasteiger partial charge on any atom is 0.329 e. The highest BCUT2D eigenvalue weighted by atomic mass is 16.5. The number of hydrogen-bond donors (Lipinski definition) is 1. The number of Topliss-reactive ketones (excluding diaryl/α,β-unsaturated/α-hetero) is 1. The molecule has 0 unspecified atom stereocenters. The van der Waals surface area contributed by atoms with Crippen molar-refractivity contribution in [2.75, 3.05) is 7.11 Å². The van der Waals surface area contributed by atoms with E-state index in [0.717, 1.165) is 22.2 Å². The third-order valence-electron chi connectivity index (χ3n) is 4.75. The van der Waals surface area contributed by atoms with Crippen molar-refractivity contribution in [3.8, 4) is 11.4 Å². The Bertz CT molecular complexity index is 1090. The predicted octanol–water partition coefficient (Wildman–Crippen LogP) is 2.47. The number of pyridine rings is 1. The van der Waals surface area contributed by atoms with Crippen LogP contribution in [-0.4, -0.2) is 28.4 Å². The molecule has 1 aromatic carbocycles. The Labute approximate surface area is 143 Å². The Hall–Kier alpha value is -3.15. The largest absolute Gasteiger partial charge is 0.467 e. The zero-order valence-corrected chi connectivity index (χ0v) is 13.8. The molecule has 0 spiro atoms. The molecule has 25 heavy (non-hydrogen) atoms. The SMILES string of the molecule is COC(=O)[C@@H]1Cc2c([nH]c3ccccc23)-c2ccc(C(C)=O)c(=O)n21. The highest BCUT2D eigenvalue weighted by molar-refractivity contribution is 5.95. The van der Waals surface area contributed by atoms with Crippen molar-refractivity contribution >= 4 is 22.7 Å². The number of carbonyl (C=O) groups excluding carboxylic acids is 2. The highest BCUT2D eigenvalue weighted by Crippen LogP contribution is 2.38. The Morgan fingerprint density at radius 3 is 2.68 bits per heavy atom. The van der Waals surface area contributed by atoms with Crippen LogP contribution in [0.15, 0.2) is 41.2 Å². The van der Waals surface area contributed by atoms with Crippen LogP contribution >= 0.6 is 0 Å². The monoisotopic (exact) mass is 336 g/mol. The second kappa shape index (κ2) is 5.44. The first-order valence-electron chi connectivity index (χ1n) is 7.97. The number of hydrogen-bond acceptors (Lipinski definition) is 4. The molecule has 0 saturated heterocycles. The molecular weight excluding hydrogens is 320 g/mol. The number of nitrogens with one attached hydrogen (secondary N) is 1. The number of methoxy groups -OCH3 is 1. The van der Waals surface area contributed by atoms with Gasteiger partial charge in [-0.15, -0.1) is 0 Å². The van der Waals surface area contributed by atoms with Crippen molar-refractivity contribution in [3.05, 3.63) is 57.9 Å². The van der Waals surface area contributed by atoms with Gasteiger partial charge in [-0.05, 0) is 30.7 Å². The first kappa shape index (κ1) is 15.4.